The van der Waals surface area contributed by atoms with Crippen molar-refractivity contribution in [2.75, 3.05) is 0 Å². The van der Waals surface area contributed by atoms with Crippen LogP contribution in [0.1, 0.15) is 5.89 Å². The largest absolute Gasteiger partial charge is 0.338 e. The topological polar surface area (TPSA) is 82.1 Å². The van der Waals surface area contributed by atoms with Crippen LogP contribution < -0.4 is 0 Å². The van der Waals surface area contributed by atoms with Crippen LogP contribution in [0.2, 0.25) is 0 Å². The first-order chi connectivity index (χ1) is 11.1. The molecule has 3 rings (SSSR count). The molecule has 0 aliphatic carbocycles. The van der Waals surface area contributed by atoms with Gasteiger partial charge in [0, 0.05) is 27.1 Å². The lowest BCUT2D eigenvalue weighted by atomic mass is 10.2. The second kappa shape index (κ2) is 6.93. The van der Waals surface area contributed by atoms with E-state index >= 15 is 0 Å². The van der Waals surface area contributed by atoms with Gasteiger partial charge in [-0.1, -0.05) is 27.2 Å². The summed E-state index contributed by atoms with van der Waals surface area (Å²) in [6.07, 6.45) is 0. The highest BCUT2D eigenvalue weighted by Gasteiger charge is 2.11. The van der Waals surface area contributed by atoms with Gasteiger partial charge in [-0.15, -0.1) is 11.8 Å². The summed E-state index contributed by atoms with van der Waals surface area (Å²) in [6, 6.07) is 14.0. The monoisotopic (exact) mass is 391 g/mol. The molecule has 8 heteroatoms. The molecule has 3 aromatic rings. The van der Waals surface area contributed by atoms with Crippen molar-refractivity contribution in [1.29, 1.82) is 0 Å². The molecule has 1 aromatic heterocycles. The van der Waals surface area contributed by atoms with Crippen LogP contribution in [0.15, 0.2) is 62.4 Å². The minimum Gasteiger partial charge on any atom is -0.338 e. The van der Waals surface area contributed by atoms with Gasteiger partial charge in [0.2, 0.25) is 11.7 Å². The third-order valence-corrected chi connectivity index (χ3v) is 4.43. The number of rotatable bonds is 5. The number of halogens is 1. The average Bonchev–Trinajstić information content (AvgIpc) is 3.02. The van der Waals surface area contributed by atoms with Gasteiger partial charge in [0.25, 0.3) is 5.69 Å². The van der Waals surface area contributed by atoms with Crippen molar-refractivity contribution in [3.8, 4) is 11.4 Å². The molecule has 0 saturated heterocycles. The maximum atomic E-state index is 10.6. The summed E-state index contributed by atoms with van der Waals surface area (Å²) in [5.74, 6) is 1.48. The predicted molar refractivity (Wildman–Crippen MR) is 90.1 cm³/mol. The average molecular weight is 392 g/mol. The summed E-state index contributed by atoms with van der Waals surface area (Å²) in [5.41, 5.74) is 0.709. The Morgan fingerprint density at radius 2 is 2.00 bits per heavy atom. The molecule has 0 amide bonds. The number of nitro benzene ring substituents is 1. The van der Waals surface area contributed by atoms with E-state index in [1.165, 1.54) is 12.1 Å². The fourth-order valence-corrected chi connectivity index (χ4v) is 3.21. The van der Waals surface area contributed by atoms with E-state index in [0.29, 0.717) is 23.0 Å². The van der Waals surface area contributed by atoms with Crippen LogP contribution in [0, 0.1) is 10.1 Å². The van der Waals surface area contributed by atoms with Crippen molar-refractivity contribution in [3.05, 3.63) is 69.0 Å². The Balaban J connectivity index is 1.69. The van der Waals surface area contributed by atoms with Crippen molar-refractivity contribution in [2.24, 2.45) is 0 Å². The molecule has 0 atom stereocenters. The highest BCUT2D eigenvalue weighted by Crippen LogP contribution is 2.26. The smallest absolute Gasteiger partial charge is 0.269 e. The molecule has 1 heterocycles. The lowest BCUT2D eigenvalue weighted by Gasteiger charge is -1.98. The van der Waals surface area contributed by atoms with Gasteiger partial charge in [-0.25, -0.2) is 0 Å². The molecular formula is C15H10BrN3O3S. The second-order valence-electron chi connectivity index (χ2n) is 4.56. The van der Waals surface area contributed by atoms with Gasteiger partial charge in [-0.3, -0.25) is 10.1 Å². The lowest BCUT2D eigenvalue weighted by Crippen LogP contribution is -1.88. The van der Waals surface area contributed by atoms with Crippen LogP contribution >= 0.6 is 27.7 Å². The third kappa shape index (κ3) is 3.96. The Morgan fingerprint density at radius 1 is 1.22 bits per heavy atom. The Morgan fingerprint density at radius 3 is 2.70 bits per heavy atom. The molecule has 0 fully saturated rings. The van der Waals surface area contributed by atoms with E-state index in [-0.39, 0.29) is 5.69 Å². The number of benzene rings is 2. The third-order valence-electron chi connectivity index (χ3n) is 2.96. The van der Waals surface area contributed by atoms with E-state index in [1.54, 1.807) is 23.9 Å². The second-order valence-corrected chi connectivity index (χ2v) is 6.53. The van der Waals surface area contributed by atoms with Crippen molar-refractivity contribution in [2.45, 2.75) is 10.6 Å². The SMILES string of the molecule is O=[N+]([O-])c1ccc(-c2noc(CSc3cccc(Br)c3)n2)cc1. The fourth-order valence-electron chi connectivity index (χ4n) is 1.86. The highest BCUT2D eigenvalue weighted by atomic mass is 79.9. The van der Waals surface area contributed by atoms with Crippen LogP contribution in [0.25, 0.3) is 11.4 Å². The van der Waals surface area contributed by atoms with Crippen molar-refractivity contribution in [1.82, 2.24) is 10.1 Å². The van der Waals surface area contributed by atoms with Gasteiger partial charge in [0.05, 0.1) is 10.7 Å². The fraction of sp³-hybridized carbons (Fsp3) is 0.0667. The minimum absolute atomic E-state index is 0.0303. The van der Waals surface area contributed by atoms with Crippen molar-refractivity contribution in [3.63, 3.8) is 0 Å². The summed E-state index contributed by atoms with van der Waals surface area (Å²) in [5, 5.41) is 14.6. The number of non-ortho nitro benzene ring substituents is 1. The molecule has 0 unspecified atom stereocenters. The summed E-state index contributed by atoms with van der Waals surface area (Å²) >= 11 is 5.01. The van der Waals surface area contributed by atoms with E-state index in [0.717, 1.165) is 9.37 Å². The van der Waals surface area contributed by atoms with Gasteiger partial charge in [0.1, 0.15) is 0 Å². The number of nitrogens with zero attached hydrogens (tertiary/aromatic N) is 3. The number of aromatic nitrogens is 2. The summed E-state index contributed by atoms with van der Waals surface area (Å²) in [6.45, 7) is 0. The first-order valence-electron chi connectivity index (χ1n) is 6.57. The molecule has 0 aliphatic heterocycles. The van der Waals surface area contributed by atoms with Crippen LogP contribution in [-0.2, 0) is 5.75 Å². The van der Waals surface area contributed by atoms with Gasteiger partial charge < -0.3 is 4.52 Å². The Hall–Kier alpha value is -2.19. The molecule has 0 bridgehead atoms. The summed E-state index contributed by atoms with van der Waals surface area (Å²) in [4.78, 5) is 15.6. The number of thioether (sulfide) groups is 1. The summed E-state index contributed by atoms with van der Waals surface area (Å²) in [7, 11) is 0. The molecule has 0 N–H and O–H groups in total. The van der Waals surface area contributed by atoms with Crippen LogP contribution in [0.3, 0.4) is 0 Å². The molecule has 6 nitrogen and oxygen atoms in total. The lowest BCUT2D eigenvalue weighted by molar-refractivity contribution is -0.384. The van der Waals surface area contributed by atoms with E-state index in [9.17, 15) is 10.1 Å². The predicted octanol–water partition coefficient (Wildman–Crippen LogP) is 4.70. The molecule has 0 aliphatic rings. The van der Waals surface area contributed by atoms with Crippen LogP contribution in [0.4, 0.5) is 5.69 Å². The molecule has 0 radical (unpaired) electrons. The number of nitro groups is 1. The quantitative estimate of drug-likeness (QED) is 0.356. The zero-order valence-electron chi connectivity index (χ0n) is 11.7. The highest BCUT2D eigenvalue weighted by molar-refractivity contribution is 9.10. The molecule has 0 spiro atoms. The van der Waals surface area contributed by atoms with Gasteiger partial charge >= 0.3 is 0 Å². The Labute approximate surface area is 144 Å². The van der Waals surface area contributed by atoms with Gasteiger partial charge in [-0.05, 0) is 30.3 Å². The molecule has 23 heavy (non-hydrogen) atoms. The van der Waals surface area contributed by atoms with E-state index in [4.69, 9.17) is 4.52 Å². The standard InChI is InChI=1S/C15H10BrN3O3S/c16-11-2-1-3-13(8-11)23-9-14-17-15(18-22-14)10-4-6-12(7-5-10)19(20)21/h1-8H,9H2. The molecule has 2 aromatic carbocycles. The van der Waals surface area contributed by atoms with Crippen LogP contribution in [-0.4, -0.2) is 15.1 Å². The zero-order chi connectivity index (χ0) is 16.2. The minimum atomic E-state index is -0.444. The van der Waals surface area contributed by atoms with Crippen molar-refractivity contribution < 1.29 is 9.45 Å². The molecular weight excluding hydrogens is 382 g/mol. The van der Waals surface area contributed by atoms with Gasteiger partial charge in [-0.2, -0.15) is 4.98 Å². The molecule has 0 saturated carbocycles. The Bertz CT molecular complexity index is 836. The van der Waals surface area contributed by atoms with E-state index < -0.39 is 4.92 Å². The number of hydrogen-bond acceptors (Lipinski definition) is 6. The number of hydrogen-bond donors (Lipinski definition) is 0. The molecule has 116 valence electrons. The Kier molecular flexibility index (Phi) is 4.73. The first kappa shape index (κ1) is 15.7. The normalized spacial score (nSPS) is 10.7. The zero-order valence-corrected chi connectivity index (χ0v) is 14.1. The van der Waals surface area contributed by atoms with Crippen LogP contribution in [0.5, 0.6) is 0 Å². The summed E-state index contributed by atoms with van der Waals surface area (Å²) < 4.78 is 6.23. The van der Waals surface area contributed by atoms with Crippen molar-refractivity contribution >= 4 is 33.4 Å². The maximum Gasteiger partial charge on any atom is 0.269 e. The maximum absolute atomic E-state index is 10.6. The first-order valence-corrected chi connectivity index (χ1v) is 8.35. The van der Waals surface area contributed by atoms with Gasteiger partial charge in [0.15, 0.2) is 0 Å². The van der Waals surface area contributed by atoms with E-state index in [1.807, 2.05) is 24.3 Å². The van der Waals surface area contributed by atoms with E-state index in [2.05, 4.69) is 26.1 Å².